The summed E-state index contributed by atoms with van der Waals surface area (Å²) < 4.78 is 10.5. The SMILES string of the molecule is C/C=C(C)\C(C)=C/C(C)C.C/C=C/C=C(\C=C(C)C)C(=O)OC1C=Cc2cc(OC=O)ccc2C1.CC.CC. The van der Waals surface area contributed by atoms with Gasteiger partial charge >= 0.3 is 5.97 Å². The Kier molecular flexibility index (Phi) is 21.8. The van der Waals surface area contributed by atoms with Gasteiger partial charge in [-0.1, -0.05) is 94.7 Å². The molecule has 0 spiro atoms. The Hall–Kier alpha value is -3.40. The normalized spacial score (nSPS) is 14.5. The summed E-state index contributed by atoms with van der Waals surface area (Å²) in [7, 11) is 0. The highest BCUT2D eigenvalue weighted by atomic mass is 16.5. The molecule has 4 nitrogen and oxygen atoms in total. The van der Waals surface area contributed by atoms with Crippen LogP contribution in [0.5, 0.6) is 5.75 Å². The number of fused-ring (bicyclic) bond motifs is 1. The van der Waals surface area contributed by atoms with E-state index in [0.29, 0.717) is 30.1 Å². The first-order chi connectivity index (χ1) is 18.6. The minimum Gasteiger partial charge on any atom is -0.454 e. The van der Waals surface area contributed by atoms with Gasteiger partial charge in [0.25, 0.3) is 6.47 Å². The van der Waals surface area contributed by atoms with Crippen LogP contribution >= 0.6 is 0 Å². The summed E-state index contributed by atoms with van der Waals surface area (Å²) in [5.74, 6) is 0.808. The zero-order valence-corrected chi connectivity index (χ0v) is 26.4. The van der Waals surface area contributed by atoms with E-state index < -0.39 is 0 Å². The molecule has 216 valence electrons. The third kappa shape index (κ3) is 16.2. The van der Waals surface area contributed by atoms with E-state index in [1.807, 2.05) is 84.9 Å². The third-order valence-corrected chi connectivity index (χ3v) is 5.26. The van der Waals surface area contributed by atoms with Gasteiger partial charge in [0.2, 0.25) is 0 Å². The summed E-state index contributed by atoms with van der Waals surface area (Å²) >= 11 is 0. The Balaban J connectivity index is 0. The van der Waals surface area contributed by atoms with E-state index >= 15 is 0 Å². The van der Waals surface area contributed by atoms with Crippen LogP contribution in [0.3, 0.4) is 0 Å². The van der Waals surface area contributed by atoms with Crippen LogP contribution in [0, 0.1) is 5.92 Å². The van der Waals surface area contributed by atoms with Crippen molar-refractivity contribution in [1.29, 1.82) is 0 Å². The first-order valence-electron chi connectivity index (χ1n) is 14.0. The highest BCUT2D eigenvalue weighted by Crippen LogP contribution is 2.25. The predicted molar refractivity (Wildman–Crippen MR) is 169 cm³/mol. The summed E-state index contributed by atoms with van der Waals surface area (Å²) in [6.07, 6.45) is 15.7. The zero-order chi connectivity index (χ0) is 30.4. The fourth-order valence-corrected chi connectivity index (χ4v) is 3.37. The number of esters is 1. The summed E-state index contributed by atoms with van der Waals surface area (Å²) in [5.41, 5.74) is 6.33. The van der Waals surface area contributed by atoms with Gasteiger partial charge in [0.15, 0.2) is 0 Å². The molecule has 0 bridgehead atoms. The van der Waals surface area contributed by atoms with Crippen LogP contribution in [-0.2, 0) is 20.7 Å². The van der Waals surface area contributed by atoms with Crippen molar-refractivity contribution in [3.05, 3.63) is 94.2 Å². The van der Waals surface area contributed by atoms with E-state index in [9.17, 15) is 9.59 Å². The van der Waals surface area contributed by atoms with Crippen molar-refractivity contribution >= 4 is 18.5 Å². The van der Waals surface area contributed by atoms with Crippen molar-refractivity contribution < 1.29 is 19.1 Å². The minimum absolute atomic E-state index is 0.322. The molecule has 0 fully saturated rings. The fourth-order valence-electron chi connectivity index (χ4n) is 3.37. The quantitative estimate of drug-likeness (QED) is 0.144. The van der Waals surface area contributed by atoms with E-state index in [2.05, 4.69) is 46.8 Å². The zero-order valence-electron chi connectivity index (χ0n) is 26.4. The Morgan fingerprint density at radius 2 is 1.64 bits per heavy atom. The standard InChI is InChI=1S/C21H22O4.C10H18.2C2H6/c1-4-5-6-18(11-15(2)3)21(23)25-20-10-8-16-12-19(24-14-22)9-7-17(16)13-20;1-6-9(4)10(5)7-8(2)3;2*1-2/h4-12,14,20H,13H2,1-3H3;6-8H,1-5H3;2*1-2H3/b5-4+,18-6+;9-6-,10-7-;;. The van der Waals surface area contributed by atoms with Crippen LogP contribution in [0.4, 0.5) is 0 Å². The first kappa shape index (κ1) is 37.8. The Morgan fingerprint density at radius 1 is 1.00 bits per heavy atom. The van der Waals surface area contributed by atoms with Crippen LogP contribution in [-0.4, -0.2) is 18.5 Å². The van der Waals surface area contributed by atoms with Crippen molar-refractivity contribution in [2.24, 2.45) is 5.92 Å². The number of hydrogen-bond acceptors (Lipinski definition) is 4. The number of hydrogen-bond donors (Lipinski definition) is 0. The van der Waals surface area contributed by atoms with Crippen LogP contribution < -0.4 is 4.74 Å². The average Bonchev–Trinajstić information content (AvgIpc) is 2.92. The van der Waals surface area contributed by atoms with Gasteiger partial charge in [-0.15, -0.1) is 0 Å². The van der Waals surface area contributed by atoms with E-state index in [0.717, 1.165) is 16.7 Å². The highest BCUT2D eigenvalue weighted by molar-refractivity contribution is 5.92. The molecule has 0 radical (unpaired) electrons. The molecular formula is C35H52O4. The van der Waals surface area contributed by atoms with Gasteiger partial charge in [-0.05, 0) is 88.9 Å². The number of carbonyl (C=O) groups excluding carboxylic acids is 2. The molecule has 2 rings (SSSR count). The summed E-state index contributed by atoms with van der Waals surface area (Å²) in [4.78, 5) is 22.9. The molecule has 39 heavy (non-hydrogen) atoms. The second-order valence-electron chi connectivity index (χ2n) is 9.02. The van der Waals surface area contributed by atoms with Crippen LogP contribution in [0.2, 0.25) is 0 Å². The second-order valence-corrected chi connectivity index (χ2v) is 9.02. The van der Waals surface area contributed by atoms with Crippen LogP contribution in [0.25, 0.3) is 6.08 Å². The number of allylic oxidation sites excluding steroid dienone is 8. The molecule has 0 heterocycles. The third-order valence-electron chi connectivity index (χ3n) is 5.26. The van der Waals surface area contributed by atoms with Gasteiger partial charge in [-0.3, -0.25) is 4.79 Å². The smallest absolute Gasteiger partial charge is 0.338 e. The lowest BCUT2D eigenvalue weighted by molar-refractivity contribution is -0.141. The van der Waals surface area contributed by atoms with Crippen molar-refractivity contribution in [3.63, 3.8) is 0 Å². The molecule has 0 aliphatic heterocycles. The molecule has 0 amide bonds. The topological polar surface area (TPSA) is 52.6 Å². The second kappa shape index (κ2) is 22.6. The summed E-state index contributed by atoms with van der Waals surface area (Å²) in [6.45, 7) is 25.0. The molecule has 0 aromatic heterocycles. The predicted octanol–water partition coefficient (Wildman–Crippen LogP) is 9.78. The lowest BCUT2D eigenvalue weighted by Crippen LogP contribution is -2.21. The largest absolute Gasteiger partial charge is 0.454 e. The molecule has 0 saturated heterocycles. The summed E-state index contributed by atoms with van der Waals surface area (Å²) in [5, 5.41) is 0. The van der Waals surface area contributed by atoms with Crippen molar-refractivity contribution in [2.75, 3.05) is 0 Å². The number of ether oxygens (including phenoxy) is 2. The molecule has 1 atom stereocenters. The van der Waals surface area contributed by atoms with Gasteiger partial charge in [0.1, 0.15) is 11.9 Å². The number of benzene rings is 1. The minimum atomic E-state index is -0.349. The molecule has 0 N–H and O–H groups in total. The number of rotatable bonds is 8. The van der Waals surface area contributed by atoms with Gasteiger partial charge in [0.05, 0.1) is 5.57 Å². The average molecular weight is 537 g/mol. The first-order valence-corrected chi connectivity index (χ1v) is 14.0. The van der Waals surface area contributed by atoms with Gasteiger partial charge < -0.3 is 9.47 Å². The maximum absolute atomic E-state index is 12.4. The Bertz CT molecular complexity index is 1040. The fraction of sp³-hybridized carbons (Fsp3) is 0.429. The van der Waals surface area contributed by atoms with Crippen molar-refractivity contribution in [1.82, 2.24) is 0 Å². The van der Waals surface area contributed by atoms with E-state index in [4.69, 9.17) is 9.47 Å². The molecular weight excluding hydrogens is 484 g/mol. The van der Waals surface area contributed by atoms with E-state index in [-0.39, 0.29) is 12.1 Å². The van der Waals surface area contributed by atoms with Crippen LogP contribution in [0.1, 0.15) is 94.2 Å². The van der Waals surface area contributed by atoms with E-state index in [1.54, 1.807) is 18.2 Å². The van der Waals surface area contributed by atoms with Gasteiger partial charge in [-0.2, -0.15) is 0 Å². The number of carbonyl (C=O) groups is 2. The lowest BCUT2D eigenvalue weighted by Gasteiger charge is -2.20. The molecule has 1 aromatic rings. The molecule has 1 unspecified atom stereocenters. The molecule has 1 aliphatic carbocycles. The maximum atomic E-state index is 12.4. The van der Waals surface area contributed by atoms with Gasteiger partial charge in [0, 0.05) is 6.42 Å². The molecule has 4 heteroatoms. The summed E-state index contributed by atoms with van der Waals surface area (Å²) in [6, 6.07) is 5.40. The van der Waals surface area contributed by atoms with Gasteiger partial charge in [-0.25, -0.2) is 4.79 Å². The lowest BCUT2D eigenvalue weighted by atomic mass is 9.95. The van der Waals surface area contributed by atoms with E-state index in [1.165, 1.54) is 11.1 Å². The molecule has 1 aromatic carbocycles. The Labute approximate surface area is 238 Å². The van der Waals surface area contributed by atoms with Crippen molar-refractivity contribution in [2.45, 2.75) is 95.6 Å². The molecule has 0 saturated carbocycles. The highest BCUT2D eigenvalue weighted by Gasteiger charge is 2.19. The van der Waals surface area contributed by atoms with Crippen LogP contribution in [0.15, 0.2) is 83.0 Å². The monoisotopic (exact) mass is 536 g/mol. The Morgan fingerprint density at radius 3 is 2.15 bits per heavy atom. The van der Waals surface area contributed by atoms with Crippen molar-refractivity contribution in [3.8, 4) is 5.75 Å². The molecule has 1 aliphatic rings. The maximum Gasteiger partial charge on any atom is 0.338 e.